The summed E-state index contributed by atoms with van der Waals surface area (Å²) >= 11 is 0. The molecule has 1 aliphatic carbocycles. The Balaban J connectivity index is 1.95. The van der Waals surface area contributed by atoms with Crippen LogP contribution in [0.3, 0.4) is 0 Å². The minimum absolute atomic E-state index is 0.0503. The highest BCUT2D eigenvalue weighted by Gasteiger charge is 2.45. The highest BCUT2D eigenvalue weighted by Crippen LogP contribution is 2.47. The van der Waals surface area contributed by atoms with E-state index in [1.54, 1.807) is 0 Å². The zero-order chi connectivity index (χ0) is 14.9. The van der Waals surface area contributed by atoms with Gasteiger partial charge in [-0.25, -0.2) is 0 Å². The van der Waals surface area contributed by atoms with Gasteiger partial charge in [0.05, 0.1) is 11.0 Å². The topological polar surface area (TPSA) is 51.0 Å². The fourth-order valence-electron chi connectivity index (χ4n) is 3.12. The van der Waals surface area contributed by atoms with Crippen molar-refractivity contribution in [3.63, 3.8) is 0 Å². The van der Waals surface area contributed by atoms with Crippen LogP contribution in [-0.4, -0.2) is 16.7 Å². The lowest BCUT2D eigenvalue weighted by Gasteiger charge is -2.39. The zero-order valence-corrected chi connectivity index (χ0v) is 13.0. The van der Waals surface area contributed by atoms with Gasteiger partial charge in [0.25, 0.3) is 0 Å². The van der Waals surface area contributed by atoms with E-state index < -0.39 is 0 Å². The monoisotopic (exact) mass is 285 g/mol. The fraction of sp³-hybridized carbons (Fsp3) is 0.529. The van der Waals surface area contributed by atoms with Crippen LogP contribution in [0.5, 0.6) is 0 Å². The molecule has 0 bridgehead atoms. The molecule has 4 nitrogen and oxygen atoms in total. The van der Waals surface area contributed by atoms with Crippen molar-refractivity contribution in [3.8, 4) is 0 Å². The first-order valence-electron chi connectivity index (χ1n) is 7.74. The van der Waals surface area contributed by atoms with Crippen LogP contribution in [-0.2, 0) is 11.0 Å². The van der Waals surface area contributed by atoms with E-state index in [1.807, 2.05) is 6.07 Å². The first-order chi connectivity index (χ1) is 10.1. The van der Waals surface area contributed by atoms with Crippen molar-refractivity contribution in [2.24, 2.45) is 0 Å². The predicted octanol–water partition coefficient (Wildman–Crippen LogP) is 3.38. The van der Waals surface area contributed by atoms with Gasteiger partial charge >= 0.3 is 0 Å². The van der Waals surface area contributed by atoms with Gasteiger partial charge in [-0.05, 0) is 38.8 Å². The molecule has 21 heavy (non-hydrogen) atoms. The number of benzene rings is 1. The van der Waals surface area contributed by atoms with Gasteiger partial charge in [0, 0.05) is 0 Å². The van der Waals surface area contributed by atoms with Gasteiger partial charge in [-0.2, -0.15) is 4.98 Å². The summed E-state index contributed by atoms with van der Waals surface area (Å²) in [6, 6.07) is 10.6. The maximum Gasteiger partial charge on any atom is 0.246 e. The summed E-state index contributed by atoms with van der Waals surface area (Å²) in [6.07, 6.45) is 3.41. The van der Waals surface area contributed by atoms with Crippen molar-refractivity contribution < 1.29 is 4.52 Å². The van der Waals surface area contributed by atoms with Crippen LogP contribution in [0.1, 0.15) is 57.3 Å². The molecule has 1 aliphatic rings. The summed E-state index contributed by atoms with van der Waals surface area (Å²) in [7, 11) is 0. The van der Waals surface area contributed by atoms with E-state index >= 15 is 0 Å². The predicted molar refractivity (Wildman–Crippen MR) is 82.1 cm³/mol. The van der Waals surface area contributed by atoms with Gasteiger partial charge in [-0.15, -0.1) is 0 Å². The average Bonchev–Trinajstić information content (AvgIpc) is 2.89. The van der Waals surface area contributed by atoms with E-state index in [0.29, 0.717) is 5.89 Å². The normalized spacial score (nSPS) is 17.5. The average molecular weight is 285 g/mol. The van der Waals surface area contributed by atoms with E-state index in [-0.39, 0.29) is 11.0 Å². The van der Waals surface area contributed by atoms with Crippen molar-refractivity contribution in [2.75, 3.05) is 6.54 Å². The first kappa shape index (κ1) is 14.3. The van der Waals surface area contributed by atoms with E-state index in [9.17, 15) is 0 Å². The van der Waals surface area contributed by atoms with Crippen molar-refractivity contribution in [1.29, 1.82) is 0 Å². The van der Waals surface area contributed by atoms with Crippen molar-refractivity contribution in [2.45, 2.75) is 51.0 Å². The van der Waals surface area contributed by atoms with Gasteiger partial charge in [0.2, 0.25) is 5.89 Å². The molecule has 1 heterocycles. The van der Waals surface area contributed by atoms with E-state index in [4.69, 9.17) is 9.51 Å². The van der Waals surface area contributed by atoms with Crippen LogP contribution < -0.4 is 5.32 Å². The SMILES string of the molecule is CCNC(C)(C)c1nc(C2(c3ccccc3)CCC2)no1. The lowest BCUT2D eigenvalue weighted by Crippen LogP contribution is -2.38. The highest BCUT2D eigenvalue weighted by atomic mass is 16.5. The Labute approximate surface area is 126 Å². The standard InChI is InChI=1S/C17H23N3O/c1-4-18-16(2,3)15-19-14(20-21-15)17(11-8-12-17)13-9-6-5-7-10-13/h5-7,9-10,18H,4,8,11-12H2,1-3H3. The van der Waals surface area contributed by atoms with Crippen LogP contribution in [0.15, 0.2) is 34.9 Å². The van der Waals surface area contributed by atoms with Crippen LogP contribution in [0, 0.1) is 0 Å². The molecule has 1 N–H and O–H groups in total. The molecule has 112 valence electrons. The lowest BCUT2D eigenvalue weighted by molar-refractivity contribution is 0.254. The number of nitrogens with zero attached hydrogens (tertiary/aromatic N) is 2. The Bertz CT molecular complexity index is 600. The van der Waals surface area contributed by atoms with Crippen LogP contribution >= 0.6 is 0 Å². The Kier molecular flexibility index (Phi) is 3.57. The third-order valence-corrected chi connectivity index (χ3v) is 4.54. The lowest BCUT2D eigenvalue weighted by atomic mass is 9.64. The molecule has 0 atom stereocenters. The molecule has 0 amide bonds. The number of aromatic nitrogens is 2. The third-order valence-electron chi connectivity index (χ3n) is 4.54. The minimum Gasteiger partial charge on any atom is -0.337 e. The van der Waals surface area contributed by atoms with Gasteiger partial charge in [0.1, 0.15) is 0 Å². The van der Waals surface area contributed by atoms with Gasteiger partial charge in [0.15, 0.2) is 5.82 Å². The summed E-state index contributed by atoms with van der Waals surface area (Å²) < 4.78 is 5.56. The van der Waals surface area contributed by atoms with Gasteiger partial charge in [-0.1, -0.05) is 48.8 Å². The Morgan fingerprint density at radius 3 is 2.52 bits per heavy atom. The van der Waals surface area contributed by atoms with Gasteiger partial charge in [-0.3, -0.25) is 0 Å². The molecule has 1 fully saturated rings. The Morgan fingerprint density at radius 1 is 1.24 bits per heavy atom. The summed E-state index contributed by atoms with van der Waals surface area (Å²) in [5.41, 5.74) is 0.956. The summed E-state index contributed by atoms with van der Waals surface area (Å²) in [5.74, 6) is 1.50. The smallest absolute Gasteiger partial charge is 0.246 e. The van der Waals surface area contributed by atoms with Gasteiger partial charge < -0.3 is 9.84 Å². The first-order valence-corrected chi connectivity index (χ1v) is 7.74. The van der Waals surface area contributed by atoms with E-state index in [0.717, 1.165) is 25.2 Å². The van der Waals surface area contributed by atoms with Crippen LogP contribution in [0.4, 0.5) is 0 Å². The zero-order valence-electron chi connectivity index (χ0n) is 13.0. The molecular formula is C17H23N3O. The molecule has 0 unspecified atom stereocenters. The summed E-state index contributed by atoms with van der Waals surface area (Å²) in [6.45, 7) is 7.10. The molecule has 1 aromatic carbocycles. The maximum absolute atomic E-state index is 5.56. The van der Waals surface area contributed by atoms with Crippen LogP contribution in [0.2, 0.25) is 0 Å². The van der Waals surface area contributed by atoms with E-state index in [1.165, 1.54) is 12.0 Å². The highest BCUT2D eigenvalue weighted by molar-refractivity contribution is 5.35. The largest absolute Gasteiger partial charge is 0.337 e. The van der Waals surface area contributed by atoms with Crippen LogP contribution in [0.25, 0.3) is 0 Å². The molecule has 0 radical (unpaired) electrons. The Hall–Kier alpha value is -1.68. The second-order valence-corrected chi connectivity index (χ2v) is 6.38. The molecule has 0 aliphatic heterocycles. The third kappa shape index (κ3) is 2.38. The molecule has 0 saturated heterocycles. The summed E-state index contributed by atoms with van der Waals surface area (Å²) in [4.78, 5) is 4.73. The maximum atomic E-state index is 5.56. The molecule has 4 heteroatoms. The van der Waals surface area contributed by atoms with E-state index in [2.05, 4.69) is 55.5 Å². The number of nitrogens with one attached hydrogen (secondary N) is 1. The quantitative estimate of drug-likeness (QED) is 0.915. The molecule has 1 aromatic heterocycles. The molecule has 0 spiro atoms. The van der Waals surface area contributed by atoms with Crippen molar-refractivity contribution in [1.82, 2.24) is 15.5 Å². The Morgan fingerprint density at radius 2 is 1.95 bits per heavy atom. The summed E-state index contributed by atoms with van der Waals surface area (Å²) in [5, 5.41) is 7.69. The molecule has 1 saturated carbocycles. The second kappa shape index (κ2) is 5.26. The van der Waals surface area contributed by atoms with Crippen molar-refractivity contribution in [3.05, 3.63) is 47.6 Å². The second-order valence-electron chi connectivity index (χ2n) is 6.38. The molecular weight excluding hydrogens is 262 g/mol. The number of rotatable bonds is 5. The minimum atomic E-state index is -0.290. The molecule has 2 aromatic rings. The fourth-order valence-corrected chi connectivity index (χ4v) is 3.12. The van der Waals surface area contributed by atoms with Crippen molar-refractivity contribution >= 4 is 0 Å². The molecule has 3 rings (SSSR count). The number of hydrogen-bond acceptors (Lipinski definition) is 4. The number of hydrogen-bond donors (Lipinski definition) is 1.